The molecular formula is C26H28ClNO3. The van der Waals surface area contributed by atoms with Crippen LogP contribution in [-0.4, -0.2) is 18.5 Å². The number of unbranched alkanes of at least 4 members (excludes halogenated alkanes) is 3. The molecule has 1 aliphatic rings. The fraction of sp³-hybridized carbons (Fsp3) is 0.308. The molecule has 0 spiro atoms. The van der Waals surface area contributed by atoms with Crippen LogP contribution in [0.3, 0.4) is 0 Å². The van der Waals surface area contributed by atoms with Crippen LogP contribution in [0.25, 0.3) is 5.76 Å². The van der Waals surface area contributed by atoms with Gasteiger partial charge in [0.1, 0.15) is 5.76 Å². The number of hydrogen-bond donors (Lipinski definition) is 0. The number of nitrogens with zero attached hydrogens (tertiary/aromatic N) is 1. The molecule has 0 aliphatic carbocycles. The monoisotopic (exact) mass is 437 g/mol. The van der Waals surface area contributed by atoms with E-state index in [-0.39, 0.29) is 5.97 Å². The molecule has 2 aromatic carbocycles. The molecule has 31 heavy (non-hydrogen) atoms. The molecule has 1 heterocycles. The number of fused-ring (bicyclic) bond motifs is 1. The highest BCUT2D eigenvalue weighted by Gasteiger charge is 2.26. The van der Waals surface area contributed by atoms with Gasteiger partial charge in [0, 0.05) is 22.2 Å². The first kappa shape index (κ1) is 22.8. The van der Waals surface area contributed by atoms with E-state index in [4.69, 9.17) is 26.1 Å². The molecule has 0 aromatic heterocycles. The number of rotatable bonds is 9. The smallest absolute Gasteiger partial charge is 0.330 e. The maximum absolute atomic E-state index is 11.9. The van der Waals surface area contributed by atoms with Crippen LogP contribution in [-0.2, 0) is 14.3 Å². The molecule has 0 fully saturated rings. The number of benzene rings is 2. The first-order valence-corrected chi connectivity index (χ1v) is 11.2. The molecule has 0 radical (unpaired) electrons. The maximum Gasteiger partial charge on any atom is 0.330 e. The second-order valence-electron chi connectivity index (χ2n) is 7.29. The van der Waals surface area contributed by atoms with Crippen molar-refractivity contribution in [3.63, 3.8) is 0 Å². The van der Waals surface area contributed by atoms with Gasteiger partial charge in [0.15, 0.2) is 0 Å². The van der Waals surface area contributed by atoms with Gasteiger partial charge in [-0.25, -0.2) is 9.79 Å². The van der Waals surface area contributed by atoms with Gasteiger partial charge in [-0.1, -0.05) is 56.0 Å². The van der Waals surface area contributed by atoms with Crippen LogP contribution in [0.4, 0.5) is 5.69 Å². The minimum absolute atomic E-state index is 0.350. The van der Waals surface area contributed by atoms with Crippen LogP contribution in [0.1, 0.15) is 57.1 Å². The van der Waals surface area contributed by atoms with E-state index in [9.17, 15) is 4.79 Å². The second kappa shape index (κ2) is 11.5. The van der Waals surface area contributed by atoms with Crippen LogP contribution in [0, 0.1) is 0 Å². The summed E-state index contributed by atoms with van der Waals surface area (Å²) in [5, 5.41) is 0.663. The minimum Gasteiger partial charge on any atom is -0.463 e. The SMILES string of the molecule is CCCCCCC(/C=C/C(=O)OCC)=C1\OC(=Nc2ccc(Cl)cc2)c2ccccc21. The van der Waals surface area contributed by atoms with Crippen molar-refractivity contribution < 1.29 is 14.3 Å². The van der Waals surface area contributed by atoms with Gasteiger partial charge in [-0.15, -0.1) is 0 Å². The summed E-state index contributed by atoms with van der Waals surface area (Å²) in [4.78, 5) is 16.6. The van der Waals surface area contributed by atoms with Crippen molar-refractivity contribution in [1.29, 1.82) is 0 Å². The molecule has 0 unspecified atom stereocenters. The number of esters is 1. The lowest BCUT2D eigenvalue weighted by atomic mass is 10.00. The molecule has 4 nitrogen and oxygen atoms in total. The summed E-state index contributed by atoms with van der Waals surface area (Å²) in [5.41, 5.74) is 3.65. The summed E-state index contributed by atoms with van der Waals surface area (Å²) in [6.07, 6.45) is 8.62. The lowest BCUT2D eigenvalue weighted by Gasteiger charge is -2.08. The van der Waals surface area contributed by atoms with E-state index in [2.05, 4.69) is 6.92 Å². The highest BCUT2D eigenvalue weighted by Crippen LogP contribution is 2.36. The summed E-state index contributed by atoms with van der Waals surface area (Å²) < 4.78 is 11.3. The molecule has 0 saturated heterocycles. The predicted molar refractivity (Wildman–Crippen MR) is 127 cm³/mol. The average molecular weight is 438 g/mol. The third-order valence-electron chi connectivity index (χ3n) is 4.96. The number of aliphatic imine (C=N–C) groups is 1. The van der Waals surface area contributed by atoms with Gasteiger partial charge >= 0.3 is 5.97 Å². The largest absolute Gasteiger partial charge is 0.463 e. The molecule has 162 valence electrons. The number of ether oxygens (including phenoxy) is 2. The molecule has 5 heteroatoms. The van der Waals surface area contributed by atoms with Gasteiger partial charge in [0.25, 0.3) is 0 Å². The molecule has 0 N–H and O–H groups in total. The second-order valence-corrected chi connectivity index (χ2v) is 7.73. The van der Waals surface area contributed by atoms with Crippen LogP contribution in [0.15, 0.2) is 71.2 Å². The highest BCUT2D eigenvalue weighted by molar-refractivity contribution is 6.30. The van der Waals surface area contributed by atoms with Gasteiger partial charge in [-0.05, 0) is 61.7 Å². The molecule has 0 atom stereocenters. The summed E-state index contributed by atoms with van der Waals surface area (Å²) in [7, 11) is 0. The molecule has 3 rings (SSSR count). The minimum atomic E-state index is -0.351. The lowest BCUT2D eigenvalue weighted by molar-refractivity contribution is -0.137. The fourth-order valence-electron chi connectivity index (χ4n) is 3.40. The normalized spacial score (nSPS) is 15.8. The molecular weight excluding hydrogens is 410 g/mol. The lowest BCUT2D eigenvalue weighted by Crippen LogP contribution is -2.00. The Morgan fingerprint density at radius 2 is 1.74 bits per heavy atom. The van der Waals surface area contributed by atoms with Crippen LogP contribution in [0.5, 0.6) is 0 Å². The fourth-order valence-corrected chi connectivity index (χ4v) is 3.53. The van der Waals surface area contributed by atoms with Crippen molar-refractivity contribution in [1.82, 2.24) is 0 Å². The Morgan fingerprint density at radius 3 is 2.45 bits per heavy atom. The van der Waals surface area contributed by atoms with Gasteiger partial charge in [-0.3, -0.25) is 0 Å². The maximum atomic E-state index is 11.9. The first-order valence-electron chi connectivity index (χ1n) is 10.8. The Hall–Kier alpha value is -2.85. The molecule has 0 bridgehead atoms. The Bertz CT molecular complexity index is 990. The van der Waals surface area contributed by atoms with Crippen molar-refractivity contribution in [3.05, 3.63) is 82.4 Å². The van der Waals surface area contributed by atoms with Crippen molar-refractivity contribution >= 4 is 34.9 Å². The van der Waals surface area contributed by atoms with E-state index in [1.54, 1.807) is 19.1 Å². The number of halogens is 1. The Morgan fingerprint density at radius 1 is 1.00 bits per heavy atom. The van der Waals surface area contributed by atoms with Crippen molar-refractivity contribution in [3.8, 4) is 0 Å². The van der Waals surface area contributed by atoms with Crippen LogP contribution < -0.4 is 0 Å². The van der Waals surface area contributed by atoms with Gasteiger partial charge in [0.05, 0.1) is 12.3 Å². The van der Waals surface area contributed by atoms with Crippen molar-refractivity contribution in [2.24, 2.45) is 4.99 Å². The average Bonchev–Trinajstić information content (AvgIpc) is 3.13. The zero-order valence-corrected chi connectivity index (χ0v) is 18.8. The molecule has 0 amide bonds. The van der Waals surface area contributed by atoms with Crippen molar-refractivity contribution in [2.45, 2.75) is 46.0 Å². The number of carbonyl (C=O) groups excluding carboxylic acids is 1. The third kappa shape index (κ3) is 6.31. The number of carbonyl (C=O) groups is 1. The van der Waals surface area contributed by atoms with Gasteiger partial charge < -0.3 is 9.47 Å². The van der Waals surface area contributed by atoms with E-state index >= 15 is 0 Å². The predicted octanol–water partition coefficient (Wildman–Crippen LogP) is 7.25. The third-order valence-corrected chi connectivity index (χ3v) is 5.21. The van der Waals surface area contributed by atoms with Crippen LogP contribution >= 0.6 is 11.6 Å². The topological polar surface area (TPSA) is 47.9 Å². The number of allylic oxidation sites excluding steroid dienone is 2. The summed E-state index contributed by atoms with van der Waals surface area (Å²) >= 11 is 6.00. The number of hydrogen-bond acceptors (Lipinski definition) is 4. The quantitative estimate of drug-likeness (QED) is 0.236. The zero-order valence-electron chi connectivity index (χ0n) is 18.1. The molecule has 2 aromatic rings. The van der Waals surface area contributed by atoms with E-state index < -0.39 is 0 Å². The van der Waals surface area contributed by atoms with Gasteiger partial charge in [-0.2, -0.15) is 0 Å². The summed E-state index contributed by atoms with van der Waals surface area (Å²) in [6, 6.07) is 15.3. The van der Waals surface area contributed by atoms with Crippen LogP contribution in [0.2, 0.25) is 5.02 Å². The Labute approximate surface area is 189 Å². The molecule has 0 saturated carbocycles. The summed E-state index contributed by atoms with van der Waals surface area (Å²) in [6.45, 7) is 4.34. The summed E-state index contributed by atoms with van der Waals surface area (Å²) in [5.74, 6) is 0.944. The Balaban J connectivity index is 1.97. The van der Waals surface area contributed by atoms with E-state index in [0.29, 0.717) is 17.5 Å². The van der Waals surface area contributed by atoms with E-state index in [0.717, 1.165) is 47.4 Å². The first-order chi connectivity index (χ1) is 15.1. The molecule has 1 aliphatic heterocycles. The standard InChI is InChI=1S/C26H28ClNO3/c1-3-5-6-7-10-19(13-18-24(29)30-4-2)25-22-11-8-9-12-23(22)26(31-25)28-21-16-14-20(27)15-17-21/h8-9,11-18H,3-7,10H2,1-2H3/b18-13+,25-19+,28-26?. The van der Waals surface area contributed by atoms with E-state index in [1.807, 2.05) is 42.5 Å². The van der Waals surface area contributed by atoms with Gasteiger partial charge in [0.2, 0.25) is 5.90 Å². The van der Waals surface area contributed by atoms with Crippen molar-refractivity contribution in [2.75, 3.05) is 6.61 Å². The highest BCUT2D eigenvalue weighted by atomic mass is 35.5. The Kier molecular flexibility index (Phi) is 8.48. The zero-order chi connectivity index (χ0) is 22.1. The van der Waals surface area contributed by atoms with E-state index in [1.165, 1.54) is 18.9 Å².